The second-order valence-electron chi connectivity index (χ2n) is 7.62. The second kappa shape index (κ2) is 8.21. The molecule has 1 fully saturated rings. The third kappa shape index (κ3) is 6.34. The molecular weight excluding hydrogens is 384 g/mol. The highest BCUT2D eigenvalue weighted by Crippen LogP contribution is 2.24. The van der Waals surface area contributed by atoms with Crippen LogP contribution in [0, 0.1) is 12.8 Å². The summed E-state index contributed by atoms with van der Waals surface area (Å²) in [5, 5.41) is 2.99. The quantitative estimate of drug-likeness (QED) is 0.782. The van der Waals surface area contributed by atoms with Gasteiger partial charge in [0.2, 0.25) is 5.91 Å². The molecule has 1 aliphatic rings. The molecule has 25 heavy (non-hydrogen) atoms. The lowest BCUT2D eigenvalue weighted by atomic mass is 9.93. The molecule has 1 saturated heterocycles. The van der Waals surface area contributed by atoms with E-state index in [1.165, 1.54) is 0 Å². The van der Waals surface area contributed by atoms with Crippen molar-refractivity contribution in [2.75, 3.05) is 18.4 Å². The molecule has 0 aromatic heterocycles. The van der Waals surface area contributed by atoms with Crippen molar-refractivity contribution < 1.29 is 14.3 Å². The van der Waals surface area contributed by atoms with E-state index in [0.717, 1.165) is 28.6 Å². The van der Waals surface area contributed by atoms with Crippen molar-refractivity contribution in [3.05, 3.63) is 28.2 Å². The van der Waals surface area contributed by atoms with Crippen LogP contribution in [0.15, 0.2) is 22.7 Å². The third-order valence-electron chi connectivity index (χ3n) is 4.21. The predicted octanol–water partition coefficient (Wildman–Crippen LogP) is 4.73. The maximum Gasteiger partial charge on any atom is 0.410 e. The fourth-order valence-corrected chi connectivity index (χ4v) is 3.20. The maximum absolute atomic E-state index is 12.3. The molecule has 1 aliphatic heterocycles. The molecule has 1 aromatic carbocycles. The second-order valence-corrected chi connectivity index (χ2v) is 8.54. The number of carbonyl (C=O) groups is 2. The zero-order chi connectivity index (χ0) is 18.6. The van der Waals surface area contributed by atoms with E-state index in [-0.39, 0.29) is 12.0 Å². The van der Waals surface area contributed by atoms with Crippen LogP contribution < -0.4 is 5.32 Å². The molecule has 0 radical (unpaired) electrons. The van der Waals surface area contributed by atoms with Crippen molar-refractivity contribution in [3.63, 3.8) is 0 Å². The van der Waals surface area contributed by atoms with Crippen molar-refractivity contribution in [1.29, 1.82) is 0 Å². The molecule has 0 aliphatic carbocycles. The number of nitrogens with zero attached hydrogens (tertiary/aromatic N) is 1. The minimum atomic E-state index is -0.477. The van der Waals surface area contributed by atoms with Gasteiger partial charge in [-0.25, -0.2) is 4.79 Å². The average Bonchev–Trinajstić information content (AvgIpc) is 2.50. The van der Waals surface area contributed by atoms with Gasteiger partial charge in [-0.2, -0.15) is 0 Å². The number of ether oxygens (including phenoxy) is 1. The normalized spacial score (nSPS) is 15.8. The summed E-state index contributed by atoms with van der Waals surface area (Å²) in [6, 6.07) is 5.84. The minimum absolute atomic E-state index is 0.0249. The van der Waals surface area contributed by atoms with Crippen LogP contribution in [-0.4, -0.2) is 35.6 Å². The molecule has 1 heterocycles. The van der Waals surface area contributed by atoms with Gasteiger partial charge in [-0.05, 0) is 64.2 Å². The summed E-state index contributed by atoms with van der Waals surface area (Å²) in [4.78, 5) is 26.1. The summed E-state index contributed by atoms with van der Waals surface area (Å²) in [5.41, 5.74) is 1.40. The summed E-state index contributed by atoms with van der Waals surface area (Å²) in [6.07, 6.45) is 1.86. The molecule has 2 amide bonds. The van der Waals surface area contributed by atoms with Gasteiger partial charge in [0, 0.05) is 29.7 Å². The number of halogens is 1. The van der Waals surface area contributed by atoms with Crippen LogP contribution in [0.1, 0.15) is 45.6 Å². The molecule has 0 spiro atoms. The standard InChI is InChI=1S/C19H27BrN2O3/c1-13-5-6-15(20)12-16(13)21-17(23)11-14-7-9-22(10-8-14)18(24)25-19(2,3)4/h5-6,12,14H,7-11H2,1-4H3,(H,21,23). The van der Waals surface area contributed by atoms with Crippen LogP contribution >= 0.6 is 15.9 Å². The van der Waals surface area contributed by atoms with Crippen LogP contribution in [0.3, 0.4) is 0 Å². The summed E-state index contributed by atoms with van der Waals surface area (Å²) in [7, 11) is 0. The van der Waals surface area contributed by atoms with Crippen LogP contribution in [0.5, 0.6) is 0 Å². The number of rotatable bonds is 3. The van der Waals surface area contributed by atoms with E-state index in [1.807, 2.05) is 45.9 Å². The summed E-state index contributed by atoms with van der Waals surface area (Å²) in [6.45, 7) is 8.86. The van der Waals surface area contributed by atoms with Crippen LogP contribution in [0.2, 0.25) is 0 Å². The number of hydrogen-bond acceptors (Lipinski definition) is 3. The Kier molecular flexibility index (Phi) is 6.49. The maximum atomic E-state index is 12.3. The van der Waals surface area contributed by atoms with Gasteiger partial charge in [-0.15, -0.1) is 0 Å². The molecular formula is C19H27BrN2O3. The highest BCUT2D eigenvalue weighted by atomic mass is 79.9. The van der Waals surface area contributed by atoms with Gasteiger partial charge in [-0.1, -0.05) is 22.0 Å². The summed E-state index contributed by atoms with van der Waals surface area (Å²) >= 11 is 3.42. The Morgan fingerprint density at radius 2 is 1.92 bits per heavy atom. The Balaban J connectivity index is 1.80. The Morgan fingerprint density at radius 3 is 2.52 bits per heavy atom. The van der Waals surface area contributed by atoms with E-state index in [1.54, 1.807) is 4.90 Å². The lowest BCUT2D eigenvalue weighted by molar-refractivity contribution is -0.117. The summed E-state index contributed by atoms with van der Waals surface area (Å²) < 4.78 is 6.34. The van der Waals surface area contributed by atoms with Gasteiger partial charge in [0.05, 0.1) is 0 Å². The highest BCUT2D eigenvalue weighted by molar-refractivity contribution is 9.10. The molecule has 1 N–H and O–H groups in total. The Labute approximate surface area is 158 Å². The Hall–Kier alpha value is -1.56. The molecule has 0 atom stereocenters. The first kappa shape index (κ1) is 19.8. The Bertz CT molecular complexity index is 632. The summed E-state index contributed by atoms with van der Waals surface area (Å²) in [5.74, 6) is 0.322. The lowest BCUT2D eigenvalue weighted by Gasteiger charge is -2.33. The SMILES string of the molecule is Cc1ccc(Br)cc1NC(=O)CC1CCN(C(=O)OC(C)(C)C)CC1. The first-order valence-corrected chi connectivity index (χ1v) is 9.47. The molecule has 0 saturated carbocycles. The van der Waals surface area contributed by atoms with E-state index < -0.39 is 5.60 Å². The van der Waals surface area contributed by atoms with Gasteiger partial charge in [0.15, 0.2) is 0 Å². The van der Waals surface area contributed by atoms with Crippen molar-refractivity contribution in [2.45, 2.75) is 52.6 Å². The molecule has 0 unspecified atom stereocenters. The van der Waals surface area contributed by atoms with Gasteiger partial charge in [-0.3, -0.25) is 4.79 Å². The average molecular weight is 411 g/mol. The van der Waals surface area contributed by atoms with Gasteiger partial charge >= 0.3 is 6.09 Å². The molecule has 0 bridgehead atoms. The van der Waals surface area contributed by atoms with Gasteiger partial charge in [0.1, 0.15) is 5.60 Å². The first-order chi connectivity index (χ1) is 11.6. The number of aryl methyl sites for hydroxylation is 1. The number of nitrogens with one attached hydrogen (secondary N) is 1. The predicted molar refractivity (Wildman–Crippen MR) is 103 cm³/mol. The zero-order valence-corrected chi connectivity index (χ0v) is 17.0. The fourth-order valence-electron chi connectivity index (χ4n) is 2.84. The van der Waals surface area contributed by atoms with Crippen molar-refractivity contribution in [1.82, 2.24) is 4.90 Å². The number of likely N-dealkylation sites (tertiary alicyclic amines) is 1. The zero-order valence-electron chi connectivity index (χ0n) is 15.4. The number of piperidine rings is 1. The third-order valence-corrected chi connectivity index (χ3v) is 4.71. The Morgan fingerprint density at radius 1 is 1.28 bits per heavy atom. The lowest BCUT2D eigenvalue weighted by Crippen LogP contribution is -2.42. The molecule has 6 heteroatoms. The largest absolute Gasteiger partial charge is 0.444 e. The van der Waals surface area contributed by atoms with Crippen molar-refractivity contribution in [3.8, 4) is 0 Å². The van der Waals surface area contributed by atoms with Gasteiger partial charge < -0.3 is 15.0 Å². The van der Waals surface area contributed by atoms with Crippen molar-refractivity contribution in [2.24, 2.45) is 5.92 Å². The highest BCUT2D eigenvalue weighted by Gasteiger charge is 2.27. The number of carbonyl (C=O) groups excluding carboxylic acids is 2. The van der Waals surface area contributed by atoms with Crippen LogP contribution in [-0.2, 0) is 9.53 Å². The van der Waals surface area contributed by atoms with E-state index in [9.17, 15) is 9.59 Å². The van der Waals surface area contributed by atoms with Crippen LogP contribution in [0.4, 0.5) is 10.5 Å². The van der Waals surface area contributed by atoms with E-state index in [4.69, 9.17) is 4.74 Å². The fraction of sp³-hybridized carbons (Fsp3) is 0.579. The number of hydrogen-bond donors (Lipinski definition) is 1. The van der Waals surface area contributed by atoms with E-state index in [0.29, 0.717) is 25.4 Å². The van der Waals surface area contributed by atoms with Crippen LogP contribution in [0.25, 0.3) is 0 Å². The number of benzene rings is 1. The van der Waals surface area contributed by atoms with Crippen molar-refractivity contribution >= 4 is 33.6 Å². The molecule has 5 nitrogen and oxygen atoms in total. The monoisotopic (exact) mass is 410 g/mol. The van der Waals surface area contributed by atoms with E-state index >= 15 is 0 Å². The smallest absolute Gasteiger partial charge is 0.410 e. The molecule has 2 rings (SSSR count). The molecule has 138 valence electrons. The van der Waals surface area contributed by atoms with Gasteiger partial charge in [0.25, 0.3) is 0 Å². The number of amides is 2. The molecule has 1 aromatic rings. The van der Waals surface area contributed by atoms with E-state index in [2.05, 4.69) is 21.2 Å². The first-order valence-electron chi connectivity index (χ1n) is 8.68. The number of anilines is 1. The topological polar surface area (TPSA) is 58.6 Å². The minimum Gasteiger partial charge on any atom is -0.444 e.